The minimum Gasteiger partial charge on any atom is -0.333 e. The van der Waals surface area contributed by atoms with Crippen LogP contribution in [0.3, 0.4) is 0 Å². The molecule has 29 heavy (non-hydrogen) atoms. The van der Waals surface area contributed by atoms with Gasteiger partial charge in [0.05, 0.1) is 4.88 Å². The Labute approximate surface area is 170 Å². The number of para-hydroxylation sites is 1. The summed E-state index contributed by atoms with van der Waals surface area (Å²) in [5.74, 6) is -1.72. The third kappa shape index (κ3) is 4.12. The lowest BCUT2D eigenvalue weighted by Gasteiger charge is -2.29. The first kappa shape index (κ1) is 19.1. The fourth-order valence-electron chi connectivity index (χ4n) is 3.26. The number of nitrogens with zero attached hydrogens (tertiary/aromatic N) is 1. The summed E-state index contributed by atoms with van der Waals surface area (Å²) >= 11 is 1.40. The first-order valence-electron chi connectivity index (χ1n) is 8.98. The number of urea groups is 1. The fourth-order valence-corrected chi connectivity index (χ4v) is 3.95. The van der Waals surface area contributed by atoms with Gasteiger partial charge in [-0.3, -0.25) is 4.79 Å². The number of carbonyl (C=O) groups excluding carboxylic acids is 2. The van der Waals surface area contributed by atoms with Gasteiger partial charge in [-0.05, 0) is 53.3 Å². The van der Waals surface area contributed by atoms with Crippen molar-refractivity contribution in [3.63, 3.8) is 0 Å². The van der Waals surface area contributed by atoms with E-state index in [-0.39, 0.29) is 5.91 Å². The van der Waals surface area contributed by atoms with Crippen LogP contribution in [0.4, 0.5) is 25.0 Å². The zero-order chi connectivity index (χ0) is 20.4. The molecule has 0 saturated carbocycles. The van der Waals surface area contributed by atoms with E-state index in [0.717, 1.165) is 29.7 Å². The molecule has 8 heteroatoms. The van der Waals surface area contributed by atoms with Crippen LogP contribution in [0, 0.1) is 11.6 Å². The van der Waals surface area contributed by atoms with Crippen molar-refractivity contribution in [1.82, 2.24) is 4.90 Å². The molecule has 3 amide bonds. The van der Waals surface area contributed by atoms with Crippen LogP contribution < -0.4 is 10.6 Å². The van der Waals surface area contributed by atoms with Crippen molar-refractivity contribution < 1.29 is 18.4 Å². The van der Waals surface area contributed by atoms with Crippen LogP contribution in [-0.4, -0.2) is 23.4 Å². The molecule has 1 aliphatic heterocycles. The highest BCUT2D eigenvalue weighted by molar-refractivity contribution is 7.12. The van der Waals surface area contributed by atoms with Crippen LogP contribution in [0.5, 0.6) is 0 Å². The molecule has 4 rings (SSSR count). The van der Waals surface area contributed by atoms with E-state index >= 15 is 0 Å². The van der Waals surface area contributed by atoms with Crippen molar-refractivity contribution in [2.45, 2.75) is 13.0 Å². The maximum absolute atomic E-state index is 13.7. The van der Waals surface area contributed by atoms with Gasteiger partial charge in [-0.25, -0.2) is 13.6 Å². The molecule has 3 aromatic rings. The molecule has 0 atom stereocenters. The van der Waals surface area contributed by atoms with Crippen LogP contribution in [0.25, 0.3) is 0 Å². The Balaban J connectivity index is 1.46. The highest BCUT2D eigenvalue weighted by atomic mass is 32.1. The first-order valence-corrected chi connectivity index (χ1v) is 9.86. The molecule has 2 N–H and O–H groups in total. The Bertz CT molecular complexity index is 1050. The number of hydrogen-bond donors (Lipinski definition) is 2. The minimum absolute atomic E-state index is 0.0169. The lowest BCUT2D eigenvalue weighted by Crippen LogP contribution is -2.35. The van der Waals surface area contributed by atoms with Crippen LogP contribution in [0.15, 0.2) is 53.9 Å². The molecule has 5 nitrogen and oxygen atoms in total. The topological polar surface area (TPSA) is 61.4 Å². The fraction of sp³-hybridized carbons (Fsp3) is 0.143. The SMILES string of the molecule is O=C(Nc1ccc2c(c1)CN(C(=O)c1cccs1)CC2)Nc1c(F)cccc1F. The second-order valence-electron chi connectivity index (χ2n) is 6.61. The van der Waals surface area contributed by atoms with Crippen molar-refractivity contribution in [3.8, 4) is 0 Å². The molecule has 0 aliphatic carbocycles. The molecule has 2 aromatic carbocycles. The summed E-state index contributed by atoms with van der Waals surface area (Å²) in [6, 6.07) is 11.6. The van der Waals surface area contributed by atoms with Gasteiger partial charge in [-0.1, -0.05) is 18.2 Å². The van der Waals surface area contributed by atoms with Crippen LogP contribution in [0.2, 0.25) is 0 Å². The molecule has 0 saturated heterocycles. The molecular formula is C21H17F2N3O2S. The number of anilines is 2. The maximum Gasteiger partial charge on any atom is 0.323 e. The quantitative estimate of drug-likeness (QED) is 0.644. The number of nitrogens with one attached hydrogen (secondary N) is 2. The van der Waals surface area contributed by atoms with Gasteiger partial charge >= 0.3 is 6.03 Å². The van der Waals surface area contributed by atoms with Crippen molar-refractivity contribution in [2.75, 3.05) is 17.2 Å². The van der Waals surface area contributed by atoms with E-state index in [1.165, 1.54) is 17.4 Å². The molecule has 1 aromatic heterocycles. The van der Waals surface area contributed by atoms with Crippen LogP contribution in [-0.2, 0) is 13.0 Å². The zero-order valence-corrected chi connectivity index (χ0v) is 16.1. The predicted molar refractivity (Wildman–Crippen MR) is 108 cm³/mol. The molecule has 0 fully saturated rings. The second-order valence-corrected chi connectivity index (χ2v) is 7.56. The Hall–Kier alpha value is -3.26. The second kappa shape index (κ2) is 8.00. The third-order valence-corrected chi connectivity index (χ3v) is 5.55. The van der Waals surface area contributed by atoms with Gasteiger partial charge in [0.1, 0.15) is 17.3 Å². The molecule has 1 aliphatic rings. The van der Waals surface area contributed by atoms with Gasteiger partial charge in [-0.2, -0.15) is 0 Å². The average Bonchev–Trinajstić information content (AvgIpc) is 3.24. The number of rotatable bonds is 3. The van der Waals surface area contributed by atoms with E-state index in [4.69, 9.17) is 0 Å². The predicted octanol–water partition coefficient (Wildman–Crippen LogP) is 4.87. The van der Waals surface area contributed by atoms with Gasteiger partial charge in [0.2, 0.25) is 0 Å². The number of carbonyl (C=O) groups is 2. The van der Waals surface area contributed by atoms with Crippen LogP contribution >= 0.6 is 11.3 Å². The smallest absolute Gasteiger partial charge is 0.323 e. The number of hydrogen-bond acceptors (Lipinski definition) is 3. The van der Waals surface area contributed by atoms with E-state index in [1.54, 1.807) is 23.1 Å². The van der Waals surface area contributed by atoms with Crippen LogP contribution in [0.1, 0.15) is 20.8 Å². The number of halogens is 2. The largest absolute Gasteiger partial charge is 0.333 e. The van der Waals surface area contributed by atoms with Gasteiger partial charge < -0.3 is 15.5 Å². The van der Waals surface area contributed by atoms with E-state index in [1.807, 2.05) is 17.5 Å². The summed E-state index contributed by atoms with van der Waals surface area (Å²) in [6.07, 6.45) is 0.722. The first-order chi connectivity index (χ1) is 14.0. The highest BCUT2D eigenvalue weighted by Gasteiger charge is 2.23. The third-order valence-electron chi connectivity index (χ3n) is 4.70. The van der Waals surface area contributed by atoms with Crippen molar-refractivity contribution in [3.05, 3.63) is 81.5 Å². The molecular weight excluding hydrogens is 396 g/mol. The summed E-state index contributed by atoms with van der Waals surface area (Å²) in [5.41, 5.74) is 2.00. The van der Waals surface area contributed by atoms with Crippen molar-refractivity contribution in [2.24, 2.45) is 0 Å². The van der Waals surface area contributed by atoms with E-state index in [2.05, 4.69) is 10.6 Å². The Kier molecular flexibility index (Phi) is 5.26. The normalized spacial score (nSPS) is 13.0. The summed E-state index contributed by atoms with van der Waals surface area (Å²) < 4.78 is 27.4. The summed E-state index contributed by atoms with van der Waals surface area (Å²) in [6.45, 7) is 1.06. The average molecular weight is 413 g/mol. The number of amides is 3. The summed E-state index contributed by atoms with van der Waals surface area (Å²) in [5, 5.41) is 6.64. The Morgan fingerprint density at radius 2 is 1.76 bits per heavy atom. The lowest BCUT2D eigenvalue weighted by atomic mass is 9.99. The Morgan fingerprint density at radius 3 is 2.48 bits per heavy atom. The van der Waals surface area contributed by atoms with Crippen molar-refractivity contribution >= 4 is 34.6 Å². The number of thiophene rings is 1. The monoisotopic (exact) mass is 413 g/mol. The number of benzene rings is 2. The van der Waals surface area contributed by atoms with Gasteiger partial charge in [0.15, 0.2) is 0 Å². The standard InChI is InChI=1S/C21H17F2N3O2S/c22-16-3-1-4-17(23)19(16)25-21(28)24-15-7-6-13-8-9-26(12-14(13)11-15)20(27)18-5-2-10-29-18/h1-7,10-11H,8-9,12H2,(H2,24,25,28). The van der Waals surface area contributed by atoms with Gasteiger partial charge in [0, 0.05) is 18.8 Å². The molecule has 2 heterocycles. The molecule has 0 radical (unpaired) electrons. The number of fused-ring (bicyclic) bond motifs is 1. The van der Waals surface area contributed by atoms with E-state index in [9.17, 15) is 18.4 Å². The summed E-state index contributed by atoms with van der Waals surface area (Å²) in [4.78, 5) is 27.2. The molecule has 0 spiro atoms. The highest BCUT2D eigenvalue weighted by Crippen LogP contribution is 2.25. The summed E-state index contributed by atoms with van der Waals surface area (Å²) in [7, 11) is 0. The zero-order valence-electron chi connectivity index (χ0n) is 15.2. The maximum atomic E-state index is 13.7. The minimum atomic E-state index is -0.853. The van der Waals surface area contributed by atoms with E-state index in [0.29, 0.717) is 23.7 Å². The molecule has 148 valence electrons. The van der Waals surface area contributed by atoms with E-state index < -0.39 is 23.4 Å². The van der Waals surface area contributed by atoms with Gasteiger partial charge in [-0.15, -0.1) is 11.3 Å². The molecule has 0 bridgehead atoms. The Morgan fingerprint density at radius 1 is 0.966 bits per heavy atom. The van der Waals surface area contributed by atoms with Gasteiger partial charge in [0.25, 0.3) is 5.91 Å². The molecule has 0 unspecified atom stereocenters. The lowest BCUT2D eigenvalue weighted by molar-refractivity contribution is 0.0739. The van der Waals surface area contributed by atoms with Crippen molar-refractivity contribution in [1.29, 1.82) is 0 Å².